The van der Waals surface area contributed by atoms with Crippen molar-refractivity contribution in [2.75, 3.05) is 0 Å². The second-order valence-electron chi connectivity index (χ2n) is 15.6. The molecule has 0 saturated carbocycles. The Morgan fingerprint density at radius 2 is 0.867 bits per heavy atom. The van der Waals surface area contributed by atoms with Crippen LogP contribution < -0.4 is 0 Å². The van der Waals surface area contributed by atoms with Crippen LogP contribution in [0.1, 0.15) is 5.56 Å². The molecular weight excluding hydrogens is 735 g/mol. The fourth-order valence-corrected chi connectivity index (χ4v) is 9.73. The summed E-state index contributed by atoms with van der Waals surface area (Å²) in [6.07, 6.45) is 0. The molecule has 0 aliphatic rings. The van der Waals surface area contributed by atoms with Crippen molar-refractivity contribution in [3.05, 3.63) is 194 Å². The van der Waals surface area contributed by atoms with E-state index in [1.165, 1.54) is 0 Å². The van der Waals surface area contributed by atoms with E-state index in [0.717, 1.165) is 121 Å². The Morgan fingerprint density at radius 3 is 1.42 bits per heavy atom. The summed E-state index contributed by atoms with van der Waals surface area (Å²) >= 11 is 0. The molecule has 9 aromatic carbocycles. The maximum absolute atomic E-state index is 10.7. The number of nitrogens with zero attached hydrogens (tertiary/aromatic N) is 3. The normalized spacial score (nSPS) is 12.0. The summed E-state index contributed by atoms with van der Waals surface area (Å²) in [4.78, 5) is 0. The molecule has 5 heteroatoms. The number of fused-ring (bicyclic) bond motifs is 14. The molecule has 4 aromatic heterocycles. The van der Waals surface area contributed by atoms with Gasteiger partial charge in [0.15, 0.2) is 0 Å². The monoisotopic (exact) mass is 765 g/mol. The highest BCUT2D eigenvalue weighted by molar-refractivity contribution is 6.25. The van der Waals surface area contributed by atoms with Gasteiger partial charge in [-0.3, -0.25) is 0 Å². The SMILES string of the molecule is N#Cc1ccc(-c2ccccc2)cc1-c1cc(-n2c3ccccc3c3c4oc5ccccc5c4ccc32)cc(-n2c3ccccc3c3c4oc5ccccc5c4ccc32)c1. The van der Waals surface area contributed by atoms with Crippen molar-refractivity contribution in [1.29, 1.82) is 5.26 Å². The Balaban J connectivity index is 1.16. The third-order valence-corrected chi connectivity index (χ3v) is 12.3. The predicted octanol–water partition coefficient (Wildman–Crippen LogP) is 14.9. The van der Waals surface area contributed by atoms with Crippen LogP contribution in [-0.2, 0) is 0 Å². The molecule has 0 fully saturated rings. The largest absolute Gasteiger partial charge is 0.455 e. The number of nitriles is 1. The summed E-state index contributed by atoms with van der Waals surface area (Å²) < 4.78 is 18.1. The maximum Gasteiger partial charge on any atom is 0.145 e. The van der Waals surface area contributed by atoms with Crippen molar-refractivity contribution in [3.8, 4) is 39.7 Å². The van der Waals surface area contributed by atoms with Crippen LogP contribution in [0.3, 0.4) is 0 Å². The standard InChI is InChI=1S/C55H31N3O2/c56-32-35-23-22-34(33-12-2-1-3-13-33)30-45(35)36-28-37(57-46-18-8-4-16-43(46)52-48(57)26-24-41-39-14-6-10-20-50(39)59-54(41)52)31-38(29-36)58-47-19-9-5-17-44(47)53-49(58)27-25-42-40-15-7-11-21-51(40)60-55(42)53/h1-31H. The minimum Gasteiger partial charge on any atom is -0.455 e. The smallest absolute Gasteiger partial charge is 0.145 e. The molecule has 0 radical (unpaired) electrons. The molecule has 5 nitrogen and oxygen atoms in total. The van der Waals surface area contributed by atoms with Gasteiger partial charge in [-0.2, -0.15) is 5.26 Å². The third-order valence-electron chi connectivity index (χ3n) is 12.3. The maximum atomic E-state index is 10.7. The second kappa shape index (κ2) is 12.3. The lowest BCUT2D eigenvalue weighted by Gasteiger charge is -2.17. The van der Waals surface area contributed by atoms with E-state index in [1.54, 1.807) is 0 Å². The zero-order valence-corrected chi connectivity index (χ0v) is 32.1. The molecule has 0 atom stereocenters. The number of furan rings is 2. The Morgan fingerprint density at radius 1 is 0.367 bits per heavy atom. The van der Waals surface area contributed by atoms with Crippen LogP contribution in [0.4, 0.5) is 0 Å². The molecule has 60 heavy (non-hydrogen) atoms. The van der Waals surface area contributed by atoms with Gasteiger partial charge in [0.2, 0.25) is 0 Å². The molecule has 0 aliphatic carbocycles. The van der Waals surface area contributed by atoms with E-state index >= 15 is 0 Å². The summed E-state index contributed by atoms with van der Waals surface area (Å²) in [7, 11) is 0. The minimum atomic E-state index is 0.607. The summed E-state index contributed by atoms with van der Waals surface area (Å²) in [6.45, 7) is 0. The number of benzene rings is 9. The highest BCUT2D eigenvalue weighted by atomic mass is 16.3. The second-order valence-corrected chi connectivity index (χ2v) is 15.6. The molecule has 0 spiro atoms. The third kappa shape index (κ3) is 4.56. The summed E-state index contributed by atoms with van der Waals surface area (Å²) in [5.74, 6) is 0. The lowest BCUT2D eigenvalue weighted by Crippen LogP contribution is -2.00. The summed E-state index contributed by atoms with van der Waals surface area (Å²) in [6, 6.07) is 68.2. The lowest BCUT2D eigenvalue weighted by molar-refractivity contribution is 0.672. The van der Waals surface area contributed by atoms with E-state index in [-0.39, 0.29) is 0 Å². The van der Waals surface area contributed by atoms with Crippen molar-refractivity contribution >= 4 is 87.5 Å². The highest BCUT2D eigenvalue weighted by Gasteiger charge is 2.23. The minimum absolute atomic E-state index is 0.607. The first kappa shape index (κ1) is 32.7. The van der Waals surface area contributed by atoms with Crippen LogP contribution in [0.2, 0.25) is 0 Å². The Labute approximate surface area is 342 Å². The van der Waals surface area contributed by atoms with E-state index in [0.29, 0.717) is 5.56 Å². The number of hydrogen-bond acceptors (Lipinski definition) is 3. The molecule has 4 heterocycles. The predicted molar refractivity (Wildman–Crippen MR) is 245 cm³/mol. The Bertz CT molecular complexity index is 3760. The molecule has 0 N–H and O–H groups in total. The van der Waals surface area contributed by atoms with Crippen LogP contribution >= 0.6 is 0 Å². The fraction of sp³-hybridized carbons (Fsp3) is 0. The lowest BCUT2D eigenvalue weighted by atomic mass is 9.94. The van der Waals surface area contributed by atoms with Crippen LogP contribution in [0.5, 0.6) is 0 Å². The molecule has 0 bridgehead atoms. The summed E-state index contributed by atoms with van der Waals surface area (Å²) in [5.41, 5.74) is 14.2. The fourth-order valence-electron chi connectivity index (χ4n) is 9.73. The molecule has 0 amide bonds. The Hall–Kier alpha value is -8.33. The van der Waals surface area contributed by atoms with Crippen LogP contribution in [0.25, 0.3) is 121 Å². The highest BCUT2D eigenvalue weighted by Crippen LogP contribution is 2.44. The molecule has 13 rings (SSSR count). The van der Waals surface area contributed by atoms with Gasteiger partial charge in [-0.1, -0.05) is 109 Å². The molecule has 278 valence electrons. The van der Waals surface area contributed by atoms with Crippen molar-refractivity contribution in [2.24, 2.45) is 0 Å². The van der Waals surface area contributed by atoms with E-state index in [9.17, 15) is 5.26 Å². The van der Waals surface area contributed by atoms with Gasteiger partial charge in [-0.25, -0.2) is 0 Å². The van der Waals surface area contributed by atoms with E-state index in [2.05, 4.69) is 161 Å². The van der Waals surface area contributed by atoms with E-state index in [1.807, 2.05) is 42.5 Å². The average Bonchev–Trinajstić information content (AvgIpc) is 4.06. The molecular formula is C55H31N3O2. The topological polar surface area (TPSA) is 59.9 Å². The summed E-state index contributed by atoms with van der Waals surface area (Å²) in [5, 5.41) is 19.4. The van der Waals surface area contributed by atoms with Crippen molar-refractivity contribution < 1.29 is 8.83 Å². The van der Waals surface area contributed by atoms with Crippen LogP contribution in [0.15, 0.2) is 197 Å². The Kier molecular flexibility index (Phi) is 6.73. The first-order chi connectivity index (χ1) is 29.7. The number of rotatable bonds is 4. The van der Waals surface area contributed by atoms with Crippen molar-refractivity contribution in [3.63, 3.8) is 0 Å². The van der Waals surface area contributed by atoms with Gasteiger partial charge in [-0.05, 0) is 95.6 Å². The van der Waals surface area contributed by atoms with Gasteiger partial charge < -0.3 is 18.0 Å². The molecule has 0 aliphatic heterocycles. The van der Waals surface area contributed by atoms with E-state index < -0.39 is 0 Å². The average molecular weight is 766 g/mol. The van der Waals surface area contributed by atoms with Gasteiger partial charge in [0.1, 0.15) is 22.3 Å². The zero-order chi connectivity index (χ0) is 39.5. The van der Waals surface area contributed by atoms with Crippen molar-refractivity contribution in [1.82, 2.24) is 9.13 Å². The van der Waals surface area contributed by atoms with Gasteiger partial charge in [0.25, 0.3) is 0 Å². The molecule has 0 unspecified atom stereocenters. The van der Waals surface area contributed by atoms with Gasteiger partial charge in [0.05, 0.1) is 44.5 Å². The first-order valence-corrected chi connectivity index (χ1v) is 20.1. The quantitative estimate of drug-likeness (QED) is 0.179. The number of hydrogen-bond donors (Lipinski definition) is 0. The number of para-hydroxylation sites is 4. The molecule has 13 aromatic rings. The first-order valence-electron chi connectivity index (χ1n) is 20.1. The van der Waals surface area contributed by atoms with Gasteiger partial charge >= 0.3 is 0 Å². The van der Waals surface area contributed by atoms with Gasteiger partial charge in [0, 0.05) is 49.3 Å². The zero-order valence-electron chi connectivity index (χ0n) is 32.1. The van der Waals surface area contributed by atoms with Crippen LogP contribution in [-0.4, -0.2) is 9.13 Å². The van der Waals surface area contributed by atoms with Crippen LogP contribution in [0, 0.1) is 11.3 Å². The van der Waals surface area contributed by atoms with Gasteiger partial charge in [-0.15, -0.1) is 0 Å². The van der Waals surface area contributed by atoms with Crippen molar-refractivity contribution in [2.45, 2.75) is 0 Å². The number of aromatic nitrogens is 2. The molecule has 0 saturated heterocycles. The van der Waals surface area contributed by atoms with E-state index in [4.69, 9.17) is 8.83 Å².